The highest BCUT2D eigenvalue weighted by Gasteiger charge is 2.33. The van der Waals surface area contributed by atoms with Crippen molar-refractivity contribution in [3.05, 3.63) is 35.9 Å². The molecule has 98 valence electrons. The normalized spacial score (nSPS) is 22.6. The third kappa shape index (κ3) is 2.54. The molecular formula is C14H21N3O. The highest BCUT2D eigenvalue weighted by atomic mass is 16.2. The van der Waals surface area contributed by atoms with Gasteiger partial charge >= 0.3 is 0 Å². The number of amides is 1. The molecule has 2 atom stereocenters. The van der Waals surface area contributed by atoms with E-state index in [-0.39, 0.29) is 18.0 Å². The summed E-state index contributed by atoms with van der Waals surface area (Å²) >= 11 is 0. The second-order valence-corrected chi connectivity index (χ2v) is 4.62. The molecular weight excluding hydrogens is 226 g/mol. The largest absolute Gasteiger partial charge is 0.353 e. The van der Waals surface area contributed by atoms with Crippen LogP contribution in [0, 0.1) is 0 Å². The van der Waals surface area contributed by atoms with E-state index in [1.54, 1.807) is 0 Å². The Balaban J connectivity index is 2.23. The molecule has 1 heterocycles. The van der Waals surface area contributed by atoms with Crippen LogP contribution in [0.3, 0.4) is 0 Å². The predicted octanol–water partition coefficient (Wildman–Crippen LogP) is 0.897. The molecule has 0 bridgehead atoms. The molecule has 0 spiro atoms. The number of nitrogens with two attached hydrogens (primary N) is 1. The summed E-state index contributed by atoms with van der Waals surface area (Å²) in [5.41, 5.74) is 7.11. The number of carbonyl (C=O) groups excluding carboxylic acids is 1. The van der Waals surface area contributed by atoms with Crippen LogP contribution in [-0.2, 0) is 4.79 Å². The first-order valence-corrected chi connectivity index (χ1v) is 6.56. The molecule has 1 saturated heterocycles. The zero-order valence-electron chi connectivity index (χ0n) is 10.8. The Morgan fingerprint density at radius 1 is 1.44 bits per heavy atom. The van der Waals surface area contributed by atoms with Crippen LogP contribution in [0.25, 0.3) is 0 Å². The minimum absolute atomic E-state index is 0.0625. The molecule has 0 saturated carbocycles. The number of hydrogen-bond acceptors (Lipinski definition) is 3. The van der Waals surface area contributed by atoms with Crippen LogP contribution in [0.15, 0.2) is 30.3 Å². The Bertz CT molecular complexity index is 393. The molecule has 1 aromatic rings. The number of benzene rings is 1. The fraction of sp³-hybridized carbons (Fsp3) is 0.500. The Labute approximate surface area is 108 Å². The molecule has 1 fully saturated rings. The van der Waals surface area contributed by atoms with Gasteiger partial charge in [-0.05, 0) is 12.0 Å². The molecule has 1 aliphatic heterocycles. The molecule has 1 aliphatic rings. The lowest BCUT2D eigenvalue weighted by Crippen LogP contribution is -2.56. The second-order valence-electron chi connectivity index (χ2n) is 4.62. The van der Waals surface area contributed by atoms with Crippen molar-refractivity contribution in [3.8, 4) is 0 Å². The smallest absolute Gasteiger partial charge is 0.237 e. The van der Waals surface area contributed by atoms with E-state index in [2.05, 4.69) is 22.3 Å². The molecule has 2 rings (SSSR count). The van der Waals surface area contributed by atoms with Gasteiger partial charge in [0.05, 0.1) is 6.04 Å². The van der Waals surface area contributed by atoms with Crippen molar-refractivity contribution in [3.63, 3.8) is 0 Å². The summed E-state index contributed by atoms with van der Waals surface area (Å²) in [5.74, 6) is 0.123. The van der Waals surface area contributed by atoms with Crippen LogP contribution in [0.2, 0.25) is 0 Å². The summed E-state index contributed by atoms with van der Waals surface area (Å²) in [5, 5.41) is 2.92. The minimum atomic E-state index is -0.0625. The third-order valence-electron chi connectivity index (χ3n) is 3.57. The van der Waals surface area contributed by atoms with E-state index >= 15 is 0 Å². The lowest BCUT2D eigenvalue weighted by atomic mass is 10.0. The number of nitrogens with one attached hydrogen (secondary N) is 1. The maximum absolute atomic E-state index is 11.9. The van der Waals surface area contributed by atoms with Gasteiger partial charge in [-0.25, -0.2) is 0 Å². The summed E-state index contributed by atoms with van der Waals surface area (Å²) in [7, 11) is 0. The Morgan fingerprint density at radius 3 is 2.78 bits per heavy atom. The Hall–Kier alpha value is -1.39. The monoisotopic (exact) mass is 247 g/mol. The number of carbonyl (C=O) groups is 1. The molecule has 3 N–H and O–H groups in total. The van der Waals surface area contributed by atoms with Crippen LogP contribution in [0.5, 0.6) is 0 Å². The predicted molar refractivity (Wildman–Crippen MR) is 72.0 cm³/mol. The number of piperazine rings is 1. The van der Waals surface area contributed by atoms with Crippen molar-refractivity contribution in [2.75, 3.05) is 19.6 Å². The molecule has 0 aliphatic carbocycles. The molecule has 18 heavy (non-hydrogen) atoms. The van der Waals surface area contributed by atoms with E-state index in [0.717, 1.165) is 13.0 Å². The van der Waals surface area contributed by atoms with Gasteiger partial charge in [0, 0.05) is 25.7 Å². The summed E-state index contributed by atoms with van der Waals surface area (Å²) in [6, 6.07) is 10.3. The van der Waals surface area contributed by atoms with Crippen molar-refractivity contribution in [1.82, 2.24) is 10.2 Å². The maximum Gasteiger partial charge on any atom is 0.237 e. The molecule has 1 aromatic carbocycles. The van der Waals surface area contributed by atoms with E-state index in [9.17, 15) is 4.79 Å². The van der Waals surface area contributed by atoms with E-state index < -0.39 is 0 Å². The third-order valence-corrected chi connectivity index (χ3v) is 3.57. The first kappa shape index (κ1) is 13.1. The van der Waals surface area contributed by atoms with E-state index in [0.29, 0.717) is 13.1 Å². The Morgan fingerprint density at radius 2 is 2.17 bits per heavy atom. The maximum atomic E-state index is 11.9. The molecule has 0 aromatic heterocycles. The summed E-state index contributed by atoms with van der Waals surface area (Å²) in [4.78, 5) is 14.1. The first-order chi connectivity index (χ1) is 8.77. The van der Waals surface area contributed by atoms with Gasteiger partial charge in [-0.2, -0.15) is 0 Å². The summed E-state index contributed by atoms with van der Waals surface area (Å²) < 4.78 is 0. The fourth-order valence-electron chi connectivity index (χ4n) is 2.66. The van der Waals surface area contributed by atoms with Gasteiger partial charge in [-0.15, -0.1) is 0 Å². The zero-order chi connectivity index (χ0) is 13.0. The number of rotatable bonds is 4. The van der Waals surface area contributed by atoms with Crippen LogP contribution < -0.4 is 11.1 Å². The number of nitrogens with zero attached hydrogens (tertiary/aromatic N) is 1. The van der Waals surface area contributed by atoms with Crippen LogP contribution in [-0.4, -0.2) is 36.5 Å². The minimum Gasteiger partial charge on any atom is -0.353 e. The van der Waals surface area contributed by atoms with Crippen LogP contribution >= 0.6 is 0 Å². The molecule has 4 heteroatoms. The highest BCUT2D eigenvalue weighted by molar-refractivity contribution is 5.82. The van der Waals surface area contributed by atoms with Crippen molar-refractivity contribution >= 4 is 5.91 Å². The summed E-state index contributed by atoms with van der Waals surface area (Å²) in [6.07, 6.45) is 0.815. The van der Waals surface area contributed by atoms with Gasteiger partial charge < -0.3 is 11.1 Å². The van der Waals surface area contributed by atoms with Crippen LogP contribution in [0.1, 0.15) is 24.9 Å². The molecule has 1 amide bonds. The molecule has 0 radical (unpaired) electrons. The zero-order valence-corrected chi connectivity index (χ0v) is 10.8. The molecule has 4 nitrogen and oxygen atoms in total. The standard InChI is InChI=1S/C14H21N3O/c1-2-12-14(18)16-8-9-17(12)13(10-15)11-6-4-3-5-7-11/h3-7,12-13H,2,8-10,15H2,1H3,(H,16,18). The van der Waals surface area contributed by atoms with Gasteiger partial charge in [0.1, 0.15) is 0 Å². The summed E-state index contributed by atoms with van der Waals surface area (Å²) in [6.45, 7) is 4.15. The van der Waals surface area contributed by atoms with E-state index in [1.165, 1.54) is 5.56 Å². The van der Waals surface area contributed by atoms with Crippen molar-refractivity contribution < 1.29 is 4.79 Å². The SMILES string of the molecule is CCC1C(=O)NCCN1C(CN)c1ccccc1. The van der Waals surface area contributed by atoms with Gasteiger partial charge in [0.25, 0.3) is 0 Å². The fourth-order valence-corrected chi connectivity index (χ4v) is 2.66. The molecule has 2 unspecified atom stereocenters. The van der Waals surface area contributed by atoms with Gasteiger partial charge in [0.15, 0.2) is 0 Å². The highest BCUT2D eigenvalue weighted by Crippen LogP contribution is 2.24. The lowest BCUT2D eigenvalue weighted by molar-refractivity contribution is -0.130. The average molecular weight is 247 g/mol. The Kier molecular flexibility index (Phi) is 4.33. The average Bonchev–Trinajstić information content (AvgIpc) is 2.41. The topological polar surface area (TPSA) is 58.4 Å². The lowest BCUT2D eigenvalue weighted by Gasteiger charge is -2.40. The van der Waals surface area contributed by atoms with Crippen molar-refractivity contribution in [1.29, 1.82) is 0 Å². The first-order valence-electron chi connectivity index (χ1n) is 6.56. The van der Waals surface area contributed by atoms with E-state index in [4.69, 9.17) is 5.73 Å². The second kappa shape index (κ2) is 5.98. The number of hydrogen-bond donors (Lipinski definition) is 2. The van der Waals surface area contributed by atoms with Gasteiger partial charge in [0.2, 0.25) is 5.91 Å². The van der Waals surface area contributed by atoms with E-state index in [1.807, 2.05) is 25.1 Å². The quantitative estimate of drug-likeness (QED) is 0.831. The van der Waals surface area contributed by atoms with Gasteiger partial charge in [-0.1, -0.05) is 37.3 Å². The van der Waals surface area contributed by atoms with Crippen molar-refractivity contribution in [2.24, 2.45) is 5.73 Å². The van der Waals surface area contributed by atoms with Gasteiger partial charge in [-0.3, -0.25) is 9.69 Å². The van der Waals surface area contributed by atoms with Crippen LogP contribution in [0.4, 0.5) is 0 Å². The van der Waals surface area contributed by atoms with Crippen molar-refractivity contribution in [2.45, 2.75) is 25.4 Å².